The second-order valence-corrected chi connectivity index (χ2v) is 6.73. The van der Waals surface area contributed by atoms with Gasteiger partial charge >= 0.3 is 0 Å². The van der Waals surface area contributed by atoms with Crippen molar-refractivity contribution in [3.8, 4) is 0 Å². The Hall–Kier alpha value is -1.61. The van der Waals surface area contributed by atoms with E-state index in [1.54, 1.807) is 0 Å². The summed E-state index contributed by atoms with van der Waals surface area (Å²) in [4.78, 5) is 11.7. The van der Waals surface area contributed by atoms with Gasteiger partial charge in [-0.1, -0.05) is 57.9 Å². The number of carbonyl (C=O) groups excluding carboxylic acids is 1. The van der Waals surface area contributed by atoms with Gasteiger partial charge in [0.2, 0.25) is 5.91 Å². The molecule has 0 aliphatic carbocycles. The van der Waals surface area contributed by atoms with Gasteiger partial charge in [-0.05, 0) is 42.5 Å². The van der Waals surface area contributed by atoms with Gasteiger partial charge in [0.15, 0.2) is 0 Å². The molecule has 0 radical (unpaired) electrons. The summed E-state index contributed by atoms with van der Waals surface area (Å²) in [6, 6.07) is 14.9. The van der Waals surface area contributed by atoms with Crippen molar-refractivity contribution in [1.29, 1.82) is 0 Å². The molecule has 0 bridgehead atoms. The third kappa shape index (κ3) is 3.35. The third-order valence-corrected chi connectivity index (χ3v) is 4.74. The molecule has 1 atom stereocenters. The van der Waals surface area contributed by atoms with Gasteiger partial charge in [0.05, 0.1) is 0 Å². The van der Waals surface area contributed by atoms with Crippen LogP contribution in [0.3, 0.4) is 0 Å². The molecule has 0 saturated heterocycles. The molecular formula is C18H18BrNO. The van der Waals surface area contributed by atoms with E-state index >= 15 is 0 Å². The summed E-state index contributed by atoms with van der Waals surface area (Å²) in [6.07, 6.45) is 2.38. The number of aryl methyl sites for hydroxylation is 2. The summed E-state index contributed by atoms with van der Waals surface area (Å²) in [7, 11) is 0. The van der Waals surface area contributed by atoms with Crippen LogP contribution in [0, 0.1) is 6.92 Å². The SMILES string of the molecule is Cc1cccc(CC(Br)c2ccc3c(c2)CCC(=O)N3)c1. The van der Waals surface area contributed by atoms with E-state index in [0.29, 0.717) is 11.2 Å². The number of halogens is 1. The molecule has 0 saturated carbocycles. The quantitative estimate of drug-likeness (QED) is 0.813. The Labute approximate surface area is 133 Å². The Bertz CT molecular complexity index is 681. The molecule has 0 fully saturated rings. The average molecular weight is 344 g/mol. The van der Waals surface area contributed by atoms with Crippen LogP contribution in [0.2, 0.25) is 0 Å². The lowest BCUT2D eigenvalue weighted by molar-refractivity contribution is -0.116. The molecule has 1 aliphatic rings. The fourth-order valence-corrected chi connectivity index (χ4v) is 3.42. The predicted molar refractivity (Wildman–Crippen MR) is 89.9 cm³/mol. The van der Waals surface area contributed by atoms with Crippen molar-refractivity contribution >= 4 is 27.5 Å². The van der Waals surface area contributed by atoms with Crippen LogP contribution < -0.4 is 5.32 Å². The minimum atomic E-state index is 0.116. The lowest BCUT2D eigenvalue weighted by Crippen LogP contribution is -2.19. The number of rotatable bonds is 3. The standard InChI is InChI=1S/C18H18BrNO/c1-12-3-2-4-13(9-12)10-16(19)14-5-7-17-15(11-14)6-8-18(21)20-17/h2-5,7,9,11,16H,6,8,10H2,1H3,(H,20,21). The van der Waals surface area contributed by atoms with Gasteiger partial charge in [-0.2, -0.15) is 0 Å². The van der Waals surface area contributed by atoms with Crippen LogP contribution in [0.15, 0.2) is 42.5 Å². The average Bonchev–Trinajstić information content (AvgIpc) is 2.46. The molecule has 0 aromatic heterocycles. The van der Waals surface area contributed by atoms with Gasteiger partial charge < -0.3 is 5.32 Å². The van der Waals surface area contributed by atoms with Crippen LogP contribution in [0.1, 0.15) is 33.5 Å². The van der Waals surface area contributed by atoms with E-state index in [2.05, 4.69) is 64.6 Å². The number of benzene rings is 2. The zero-order valence-corrected chi connectivity index (χ0v) is 13.6. The van der Waals surface area contributed by atoms with Gasteiger partial charge in [0.25, 0.3) is 0 Å². The molecule has 1 amide bonds. The second kappa shape index (κ2) is 6.02. The van der Waals surface area contributed by atoms with Crippen molar-refractivity contribution in [2.75, 3.05) is 5.32 Å². The topological polar surface area (TPSA) is 29.1 Å². The molecule has 1 N–H and O–H groups in total. The Morgan fingerprint density at radius 1 is 1.19 bits per heavy atom. The first-order valence-electron chi connectivity index (χ1n) is 7.24. The maximum absolute atomic E-state index is 11.4. The predicted octanol–water partition coefficient (Wildman–Crippen LogP) is 4.56. The summed E-state index contributed by atoms with van der Waals surface area (Å²) in [5, 5.41) is 2.93. The Morgan fingerprint density at radius 3 is 2.86 bits per heavy atom. The molecule has 3 rings (SSSR count). The van der Waals surface area contributed by atoms with E-state index < -0.39 is 0 Å². The van der Waals surface area contributed by atoms with Crippen LogP contribution >= 0.6 is 15.9 Å². The molecule has 2 aromatic rings. The minimum absolute atomic E-state index is 0.116. The van der Waals surface area contributed by atoms with Crippen LogP contribution in [0.25, 0.3) is 0 Å². The molecule has 21 heavy (non-hydrogen) atoms. The van der Waals surface area contributed by atoms with E-state index in [0.717, 1.165) is 18.5 Å². The summed E-state index contributed by atoms with van der Waals surface area (Å²) in [6.45, 7) is 2.12. The number of anilines is 1. The van der Waals surface area contributed by atoms with Gasteiger partial charge in [-0.3, -0.25) is 4.79 Å². The van der Waals surface area contributed by atoms with Crippen molar-refractivity contribution in [3.05, 3.63) is 64.7 Å². The van der Waals surface area contributed by atoms with Crippen molar-refractivity contribution in [2.24, 2.45) is 0 Å². The first-order valence-corrected chi connectivity index (χ1v) is 8.16. The second-order valence-electron chi connectivity index (χ2n) is 5.63. The van der Waals surface area contributed by atoms with Crippen LogP contribution in [-0.4, -0.2) is 5.91 Å². The number of nitrogens with one attached hydrogen (secondary N) is 1. The summed E-state index contributed by atoms with van der Waals surface area (Å²) >= 11 is 3.80. The molecule has 2 aromatic carbocycles. The number of carbonyl (C=O) groups is 1. The number of alkyl halides is 1. The van der Waals surface area contributed by atoms with E-state index in [-0.39, 0.29) is 5.91 Å². The molecule has 3 heteroatoms. The van der Waals surface area contributed by atoms with E-state index in [1.165, 1.54) is 22.3 Å². The minimum Gasteiger partial charge on any atom is -0.326 e. The first-order chi connectivity index (χ1) is 10.1. The van der Waals surface area contributed by atoms with Crippen LogP contribution in [0.5, 0.6) is 0 Å². The number of amides is 1. The van der Waals surface area contributed by atoms with Gasteiger partial charge in [-0.25, -0.2) is 0 Å². The van der Waals surface area contributed by atoms with Crippen molar-refractivity contribution in [1.82, 2.24) is 0 Å². The van der Waals surface area contributed by atoms with Crippen molar-refractivity contribution < 1.29 is 4.79 Å². The van der Waals surface area contributed by atoms with Gasteiger partial charge in [-0.15, -0.1) is 0 Å². The number of fused-ring (bicyclic) bond motifs is 1. The van der Waals surface area contributed by atoms with Gasteiger partial charge in [0.1, 0.15) is 0 Å². The van der Waals surface area contributed by atoms with Crippen molar-refractivity contribution in [3.63, 3.8) is 0 Å². The van der Waals surface area contributed by atoms with E-state index in [4.69, 9.17) is 0 Å². The molecule has 108 valence electrons. The monoisotopic (exact) mass is 343 g/mol. The van der Waals surface area contributed by atoms with E-state index in [1.807, 2.05) is 6.07 Å². The summed E-state index contributed by atoms with van der Waals surface area (Å²) in [5.41, 5.74) is 6.10. The third-order valence-electron chi connectivity index (χ3n) is 3.88. The highest BCUT2D eigenvalue weighted by molar-refractivity contribution is 9.09. The molecule has 1 aliphatic heterocycles. The Balaban J connectivity index is 1.79. The molecule has 2 nitrogen and oxygen atoms in total. The highest BCUT2D eigenvalue weighted by Crippen LogP contribution is 2.32. The fourth-order valence-electron chi connectivity index (χ4n) is 2.76. The maximum atomic E-state index is 11.4. The van der Waals surface area contributed by atoms with Gasteiger partial charge in [0, 0.05) is 16.9 Å². The lowest BCUT2D eigenvalue weighted by Gasteiger charge is -2.19. The Morgan fingerprint density at radius 2 is 2.05 bits per heavy atom. The fraction of sp³-hybridized carbons (Fsp3) is 0.278. The van der Waals surface area contributed by atoms with Crippen LogP contribution in [0.4, 0.5) is 5.69 Å². The highest BCUT2D eigenvalue weighted by Gasteiger charge is 2.17. The highest BCUT2D eigenvalue weighted by atomic mass is 79.9. The molecular weight excluding hydrogens is 326 g/mol. The van der Waals surface area contributed by atoms with Crippen LogP contribution in [-0.2, 0) is 17.6 Å². The molecule has 1 unspecified atom stereocenters. The summed E-state index contributed by atoms with van der Waals surface area (Å²) < 4.78 is 0. The lowest BCUT2D eigenvalue weighted by atomic mass is 9.97. The largest absolute Gasteiger partial charge is 0.326 e. The number of hydrogen-bond donors (Lipinski definition) is 1. The smallest absolute Gasteiger partial charge is 0.224 e. The Kier molecular flexibility index (Phi) is 4.11. The van der Waals surface area contributed by atoms with Crippen molar-refractivity contribution in [2.45, 2.75) is 31.0 Å². The first kappa shape index (κ1) is 14.3. The summed E-state index contributed by atoms with van der Waals surface area (Å²) in [5.74, 6) is 0.116. The maximum Gasteiger partial charge on any atom is 0.224 e. The number of hydrogen-bond acceptors (Lipinski definition) is 1. The molecule has 1 heterocycles. The zero-order valence-electron chi connectivity index (χ0n) is 12.0. The zero-order chi connectivity index (χ0) is 14.8. The van der Waals surface area contributed by atoms with E-state index in [9.17, 15) is 4.79 Å². The normalized spacial score (nSPS) is 15.2. The molecule has 0 spiro atoms.